The molecule has 2 saturated heterocycles. The van der Waals surface area contributed by atoms with Crippen molar-refractivity contribution in [2.24, 2.45) is 4.99 Å². The molecule has 0 aliphatic carbocycles. The van der Waals surface area contributed by atoms with E-state index < -0.39 is 0 Å². The first-order valence-corrected chi connectivity index (χ1v) is 12.9. The van der Waals surface area contributed by atoms with Gasteiger partial charge in [0.15, 0.2) is 0 Å². The fraction of sp³-hybridized carbons (Fsp3) is 0.462. The number of halogens is 1. The van der Waals surface area contributed by atoms with Crippen molar-refractivity contribution in [1.29, 1.82) is 0 Å². The number of aliphatic imine (C=N–C) groups is 1. The van der Waals surface area contributed by atoms with E-state index in [4.69, 9.17) is 19.5 Å². The van der Waals surface area contributed by atoms with Gasteiger partial charge >= 0.3 is 6.03 Å². The van der Waals surface area contributed by atoms with Gasteiger partial charge in [0.05, 0.1) is 5.69 Å². The third kappa shape index (κ3) is 5.08. The van der Waals surface area contributed by atoms with E-state index in [2.05, 4.69) is 15.6 Å². The van der Waals surface area contributed by atoms with Crippen molar-refractivity contribution in [1.82, 2.24) is 25.1 Å². The standard InChI is InChI=1S/C26H30FN7O3/c27-18-6-4-17(5-7-18)22-23(34-14-16-37-26(34)32-22)20-8-11-28-24(30-20)29-19-9-12-33(13-10-19)25(35)31-21-3-1-2-15-36-21/h4-8,11,14,16,19,21-23H,1-3,9-10,12-13,15H2,(H,31,35)(H,28,29,30). The number of ether oxygens (including phenoxy) is 2. The second kappa shape index (κ2) is 10.3. The Balaban J connectivity index is 1.10. The lowest BCUT2D eigenvalue weighted by Crippen LogP contribution is -2.50. The molecule has 10 nitrogen and oxygen atoms in total. The van der Waals surface area contributed by atoms with Crippen LogP contribution in [0.25, 0.3) is 0 Å². The molecular weight excluding hydrogens is 477 g/mol. The molecule has 0 saturated carbocycles. The smallest absolute Gasteiger partial charge is 0.319 e. The third-order valence-electron chi connectivity index (χ3n) is 7.24. The lowest BCUT2D eigenvalue weighted by atomic mass is 9.97. The Morgan fingerprint density at radius 2 is 1.92 bits per heavy atom. The number of benzene rings is 1. The second-order valence-electron chi connectivity index (χ2n) is 9.68. The molecular formula is C26H30FN7O3. The molecule has 1 aromatic heterocycles. The van der Waals surface area contributed by atoms with Gasteiger partial charge in [-0.1, -0.05) is 12.1 Å². The number of rotatable bonds is 5. The number of amides is 2. The van der Waals surface area contributed by atoms with E-state index in [1.807, 2.05) is 22.1 Å². The van der Waals surface area contributed by atoms with Gasteiger partial charge in [0.1, 0.15) is 30.4 Å². The summed E-state index contributed by atoms with van der Waals surface area (Å²) in [5.74, 6) is 0.244. The lowest BCUT2D eigenvalue weighted by Gasteiger charge is -2.34. The molecule has 37 heavy (non-hydrogen) atoms. The number of hydrogen-bond acceptors (Lipinski definition) is 8. The Hall–Kier alpha value is -3.73. The number of carbonyl (C=O) groups excluding carboxylic acids is 1. The maximum absolute atomic E-state index is 13.5. The van der Waals surface area contributed by atoms with Crippen LogP contribution >= 0.6 is 0 Å². The van der Waals surface area contributed by atoms with Crippen LogP contribution in [0.5, 0.6) is 0 Å². The molecule has 1 aromatic carbocycles. The minimum Gasteiger partial charge on any atom is -0.432 e. The van der Waals surface area contributed by atoms with Gasteiger partial charge in [-0.05, 0) is 55.9 Å². The van der Waals surface area contributed by atoms with Crippen molar-refractivity contribution in [3.05, 3.63) is 66.1 Å². The molecule has 3 atom stereocenters. The number of fused-ring (bicyclic) bond motifs is 1. The van der Waals surface area contributed by atoms with Gasteiger partial charge in [0.2, 0.25) is 5.95 Å². The topological polar surface area (TPSA) is 104 Å². The summed E-state index contributed by atoms with van der Waals surface area (Å²) in [5.41, 5.74) is 1.66. The first-order valence-electron chi connectivity index (χ1n) is 12.9. The van der Waals surface area contributed by atoms with E-state index in [9.17, 15) is 9.18 Å². The van der Waals surface area contributed by atoms with Gasteiger partial charge in [-0.25, -0.2) is 24.1 Å². The number of likely N-dealkylation sites (tertiary alicyclic amines) is 1. The zero-order chi connectivity index (χ0) is 25.2. The molecule has 6 rings (SSSR count). The quantitative estimate of drug-likeness (QED) is 0.636. The van der Waals surface area contributed by atoms with E-state index in [1.165, 1.54) is 12.1 Å². The number of piperidine rings is 1. The fourth-order valence-electron chi connectivity index (χ4n) is 5.25. The van der Waals surface area contributed by atoms with Crippen LogP contribution < -0.4 is 10.6 Å². The average Bonchev–Trinajstić information content (AvgIpc) is 3.52. The van der Waals surface area contributed by atoms with Gasteiger partial charge in [0.25, 0.3) is 6.02 Å². The van der Waals surface area contributed by atoms with Crippen molar-refractivity contribution < 1.29 is 18.7 Å². The highest BCUT2D eigenvalue weighted by Gasteiger charge is 2.41. The lowest BCUT2D eigenvalue weighted by molar-refractivity contribution is -0.00111. The number of nitrogens with zero attached hydrogens (tertiary/aromatic N) is 5. The first kappa shape index (κ1) is 23.7. The summed E-state index contributed by atoms with van der Waals surface area (Å²) in [4.78, 5) is 30.4. The van der Waals surface area contributed by atoms with Gasteiger partial charge in [-0.15, -0.1) is 0 Å². The minimum atomic E-state index is -0.293. The summed E-state index contributed by atoms with van der Waals surface area (Å²) in [6, 6.07) is 8.30. The summed E-state index contributed by atoms with van der Waals surface area (Å²) >= 11 is 0. The van der Waals surface area contributed by atoms with E-state index in [0.717, 1.165) is 43.4 Å². The molecule has 5 heterocycles. The van der Waals surface area contributed by atoms with Crippen molar-refractivity contribution in [3.8, 4) is 0 Å². The van der Waals surface area contributed by atoms with Gasteiger partial charge in [-0.3, -0.25) is 4.90 Å². The van der Waals surface area contributed by atoms with Crippen molar-refractivity contribution in [2.45, 2.75) is 56.5 Å². The maximum atomic E-state index is 13.5. The van der Waals surface area contributed by atoms with Crippen LogP contribution in [0.3, 0.4) is 0 Å². The fourth-order valence-corrected chi connectivity index (χ4v) is 5.25. The predicted molar refractivity (Wildman–Crippen MR) is 134 cm³/mol. The highest BCUT2D eigenvalue weighted by molar-refractivity contribution is 5.80. The Morgan fingerprint density at radius 3 is 2.70 bits per heavy atom. The van der Waals surface area contributed by atoms with Crippen LogP contribution in [0.15, 0.2) is 54.0 Å². The van der Waals surface area contributed by atoms with E-state index >= 15 is 0 Å². The zero-order valence-electron chi connectivity index (χ0n) is 20.4. The third-order valence-corrected chi connectivity index (χ3v) is 7.24. The number of urea groups is 1. The normalized spacial score (nSPS) is 25.4. The molecule has 2 fully saturated rings. The average molecular weight is 508 g/mol. The Kier molecular flexibility index (Phi) is 6.60. The molecule has 0 bridgehead atoms. The number of aromatic nitrogens is 2. The van der Waals surface area contributed by atoms with Crippen molar-refractivity contribution >= 4 is 18.0 Å². The van der Waals surface area contributed by atoms with Crippen LogP contribution in [0, 0.1) is 5.82 Å². The van der Waals surface area contributed by atoms with Crippen molar-refractivity contribution in [2.75, 3.05) is 25.0 Å². The molecule has 0 spiro atoms. The molecule has 2 aromatic rings. The molecule has 194 valence electrons. The Bertz CT molecular complexity index is 1180. The van der Waals surface area contributed by atoms with Crippen LogP contribution in [-0.2, 0) is 9.47 Å². The maximum Gasteiger partial charge on any atom is 0.319 e. The van der Waals surface area contributed by atoms with Crippen LogP contribution in [0.1, 0.15) is 55.4 Å². The van der Waals surface area contributed by atoms with E-state index in [0.29, 0.717) is 31.7 Å². The SMILES string of the molecule is O=C(NC1CCCCO1)N1CCC(Nc2nccc(C3C(c4ccc(F)cc4)N=C4OC=CN43)n2)CC1. The number of hydrogen-bond donors (Lipinski definition) is 2. The zero-order valence-corrected chi connectivity index (χ0v) is 20.4. The largest absolute Gasteiger partial charge is 0.432 e. The molecule has 2 N–H and O–H groups in total. The molecule has 0 radical (unpaired) electrons. The first-order chi connectivity index (χ1) is 18.1. The minimum absolute atomic E-state index is 0.0617. The number of amidine groups is 1. The molecule has 2 amide bonds. The summed E-state index contributed by atoms with van der Waals surface area (Å²) < 4.78 is 24.7. The summed E-state index contributed by atoms with van der Waals surface area (Å²) in [7, 11) is 0. The van der Waals surface area contributed by atoms with E-state index in [-0.39, 0.29) is 36.2 Å². The monoisotopic (exact) mass is 507 g/mol. The molecule has 11 heteroatoms. The van der Waals surface area contributed by atoms with Gasteiger partial charge in [0, 0.05) is 38.1 Å². The van der Waals surface area contributed by atoms with Crippen LogP contribution in [0.2, 0.25) is 0 Å². The molecule has 4 aliphatic rings. The van der Waals surface area contributed by atoms with Crippen LogP contribution in [0.4, 0.5) is 15.1 Å². The number of anilines is 1. The van der Waals surface area contributed by atoms with Crippen LogP contribution in [-0.4, -0.2) is 63.8 Å². The molecule has 3 unspecified atom stereocenters. The summed E-state index contributed by atoms with van der Waals surface area (Å²) in [5, 5.41) is 6.45. The highest BCUT2D eigenvalue weighted by Crippen LogP contribution is 2.43. The van der Waals surface area contributed by atoms with Gasteiger partial charge < -0.3 is 25.0 Å². The molecule has 4 aliphatic heterocycles. The van der Waals surface area contributed by atoms with E-state index in [1.54, 1.807) is 24.6 Å². The predicted octanol–water partition coefficient (Wildman–Crippen LogP) is 3.68. The summed E-state index contributed by atoms with van der Waals surface area (Å²) in [6.07, 6.45) is 9.58. The summed E-state index contributed by atoms with van der Waals surface area (Å²) in [6.45, 7) is 2.01. The number of nitrogens with one attached hydrogen (secondary N) is 2. The second-order valence-corrected chi connectivity index (χ2v) is 9.68. The van der Waals surface area contributed by atoms with Crippen molar-refractivity contribution in [3.63, 3.8) is 0 Å². The Morgan fingerprint density at radius 1 is 1.08 bits per heavy atom. The highest BCUT2D eigenvalue weighted by atomic mass is 19.1. The van der Waals surface area contributed by atoms with Gasteiger partial charge in [-0.2, -0.15) is 0 Å². The Labute approximate surface area is 214 Å². The number of carbonyl (C=O) groups is 1.